The summed E-state index contributed by atoms with van der Waals surface area (Å²) < 4.78 is 7.28. The summed E-state index contributed by atoms with van der Waals surface area (Å²) in [5.41, 5.74) is 2.17. The Morgan fingerprint density at radius 1 is 1.44 bits per heavy atom. The van der Waals surface area contributed by atoms with Crippen molar-refractivity contribution in [2.45, 2.75) is 51.7 Å². The average Bonchev–Trinajstić information content (AvgIpc) is 3.09. The van der Waals surface area contributed by atoms with Crippen molar-refractivity contribution in [2.24, 2.45) is 5.92 Å². The molecule has 2 aliphatic rings. The van der Waals surface area contributed by atoms with E-state index >= 15 is 0 Å². The molecule has 1 aliphatic carbocycles. The van der Waals surface area contributed by atoms with Crippen molar-refractivity contribution in [3.05, 3.63) is 35.5 Å². The number of hydrogen-bond acceptors (Lipinski definition) is 5. The van der Waals surface area contributed by atoms with Gasteiger partial charge in [0, 0.05) is 44.9 Å². The van der Waals surface area contributed by atoms with Crippen LogP contribution in [-0.2, 0) is 17.9 Å². The molecular weight excluding hydrogens is 318 g/mol. The molecule has 0 aromatic carbocycles. The van der Waals surface area contributed by atoms with Gasteiger partial charge in [-0.15, -0.1) is 0 Å². The number of nitrogens with zero attached hydrogens (tertiary/aromatic N) is 4. The Kier molecular flexibility index (Phi) is 4.57. The molecule has 1 amide bonds. The summed E-state index contributed by atoms with van der Waals surface area (Å²) in [5.74, 6) is 1.66. The molecule has 25 heavy (non-hydrogen) atoms. The molecule has 1 atom stereocenters. The molecule has 1 fully saturated rings. The summed E-state index contributed by atoms with van der Waals surface area (Å²) >= 11 is 0. The van der Waals surface area contributed by atoms with Crippen molar-refractivity contribution in [3.63, 3.8) is 0 Å². The second kappa shape index (κ2) is 7.00. The maximum absolute atomic E-state index is 11.9. The fraction of sp³-hybridized carbons (Fsp3) is 0.611. The van der Waals surface area contributed by atoms with E-state index in [-0.39, 0.29) is 11.9 Å². The van der Waals surface area contributed by atoms with Gasteiger partial charge in [0.1, 0.15) is 5.76 Å². The van der Waals surface area contributed by atoms with Crippen LogP contribution in [0.2, 0.25) is 0 Å². The lowest BCUT2D eigenvalue weighted by atomic mass is 10.1. The van der Waals surface area contributed by atoms with Crippen molar-refractivity contribution in [1.82, 2.24) is 25.2 Å². The molecule has 3 heterocycles. The van der Waals surface area contributed by atoms with Gasteiger partial charge in [-0.2, -0.15) is 5.10 Å². The third kappa shape index (κ3) is 4.10. The van der Waals surface area contributed by atoms with Crippen molar-refractivity contribution < 1.29 is 9.32 Å². The third-order valence-corrected chi connectivity index (χ3v) is 4.99. The van der Waals surface area contributed by atoms with Gasteiger partial charge < -0.3 is 9.84 Å². The minimum atomic E-state index is 0.189. The summed E-state index contributed by atoms with van der Waals surface area (Å²) in [6.07, 6.45) is 5.86. The van der Waals surface area contributed by atoms with E-state index in [4.69, 9.17) is 4.52 Å². The van der Waals surface area contributed by atoms with Gasteiger partial charge in [0.2, 0.25) is 5.91 Å². The van der Waals surface area contributed by atoms with Crippen LogP contribution in [0, 0.1) is 12.8 Å². The molecule has 0 saturated heterocycles. The molecule has 7 heteroatoms. The normalized spacial score (nSPS) is 20.4. The van der Waals surface area contributed by atoms with E-state index in [0.717, 1.165) is 37.5 Å². The minimum Gasteiger partial charge on any atom is -0.361 e. The van der Waals surface area contributed by atoms with Crippen molar-refractivity contribution in [2.75, 3.05) is 13.1 Å². The Balaban J connectivity index is 1.34. The molecule has 0 radical (unpaired) electrons. The number of rotatable bonds is 7. The van der Waals surface area contributed by atoms with Gasteiger partial charge in [-0.3, -0.25) is 14.4 Å². The fourth-order valence-corrected chi connectivity index (χ4v) is 3.55. The van der Waals surface area contributed by atoms with E-state index < -0.39 is 0 Å². The van der Waals surface area contributed by atoms with Gasteiger partial charge >= 0.3 is 0 Å². The Morgan fingerprint density at radius 2 is 2.32 bits per heavy atom. The lowest BCUT2D eigenvalue weighted by Gasteiger charge is -2.33. The summed E-state index contributed by atoms with van der Waals surface area (Å²) in [6, 6.07) is 4.32. The topological polar surface area (TPSA) is 76.2 Å². The molecule has 4 rings (SSSR count). The van der Waals surface area contributed by atoms with E-state index in [0.29, 0.717) is 18.9 Å². The molecule has 0 spiro atoms. The summed E-state index contributed by atoms with van der Waals surface area (Å²) in [4.78, 5) is 14.2. The second-order valence-electron chi connectivity index (χ2n) is 7.31. The van der Waals surface area contributed by atoms with Gasteiger partial charge in [-0.05, 0) is 38.2 Å². The first-order valence-corrected chi connectivity index (χ1v) is 9.11. The Bertz CT molecular complexity index is 733. The monoisotopic (exact) mass is 343 g/mol. The number of hydrogen-bond donors (Lipinski definition) is 1. The number of carbonyl (C=O) groups is 1. The Hall–Kier alpha value is -2.15. The molecule has 2 aromatic heterocycles. The van der Waals surface area contributed by atoms with Gasteiger partial charge in [0.05, 0.1) is 17.4 Å². The zero-order chi connectivity index (χ0) is 17.2. The van der Waals surface area contributed by atoms with Crippen LogP contribution in [0.4, 0.5) is 0 Å². The zero-order valence-corrected chi connectivity index (χ0v) is 14.6. The van der Waals surface area contributed by atoms with E-state index in [9.17, 15) is 4.79 Å². The first-order valence-electron chi connectivity index (χ1n) is 9.11. The van der Waals surface area contributed by atoms with E-state index in [1.807, 2.05) is 19.2 Å². The molecule has 2 aromatic rings. The number of amides is 1. The number of aromatic nitrogens is 3. The molecule has 7 nitrogen and oxygen atoms in total. The maximum Gasteiger partial charge on any atom is 0.220 e. The standard InChI is InChI=1S/C18H25N5O2/c1-13-8-15(21-25-13)10-22-11-16(23-17(12-22)5-7-20-23)4-6-19-18(24)9-14-2-3-14/h5,7-8,14,16H,2-4,6,9-12H2,1H3,(H,19,24). The SMILES string of the molecule is Cc1cc(CN2Cc3ccnn3C(CCNC(=O)CC3CC3)C2)no1. The largest absolute Gasteiger partial charge is 0.361 e. The molecule has 1 N–H and O–H groups in total. The van der Waals surface area contributed by atoms with Crippen molar-refractivity contribution in [3.8, 4) is 0 Å². The first kappa shape index (κ1) is 16.3. The highest BCUT2D eigenvalue weighted by molar-refractivity contribution is 5.76. The molecular formula is C18H25N5O2. The van der Waals surface area contributed by atoms with E-state index in [1.54, 1.807) is 0 Å². The predicted octanol–water partition coefficient (Wildman–Crippen LogP) is 2.04. The third-order valence-electron chi connectivity index (χ3n) is 4.99. The van der Waals surface area contributed by atoms with Gasteiger partial charge in [0.15, 0.2) is 0 Å². The summed E-state index contributed by atoms with van der Waals surface area (Å²) in [6.45, 7) is 5.14. The average molecular weight is 343 g/mol. The quantitative estimate of drug-likeness (QED) is 0.832. The molecule has 134 valence electrons. The highest BCUT2D eigenvalue weighted by Crippen LogP contribution is 2.32. The number of fused-ring (bicyclic) bond motifs is 1. The van der Waals surface area contributed by atoms with Crippen LogP contribution in [0.25, 0.3) is 0 Å². The minimum absolute atomic E-state index is 0.189. The van der Waals surface area contributed by atoms with Crippen LogP contribution in [-0.4, -0.2) is 38.8 Å². The first-order chi connectivity index (χ1) is 12.2. The van der Waals surface area contributed by atoms with Crippen LogP contribution in [0.15, 0.2) is 22.9 Å². The van der Waals surface area contributed by atoms with Crippen molar-refractivity contribution in [1.29, 1.82) is 0 Å². The number of carbonyl (C=O) groups excluding carboxylic acids is 1. The van der Waals surface area contributed by atoms with Gasteiger partial charge in [-0.25, -0.2) is 0 Å². The number of aryl methyl sites for hydroxylation is 1. The van der Waals surface area contributed by atoms with Gasteiger partial charge in [0.25, 0.3) is 0 Å². The maximum atomic E-state index is 11.9. The molecule has 1 saturated carbocycles. The zero-order valence-electron chi connectivity index (χ0n) is 14.6. The van der Waals surface area contributed by atoms with E-state index in [1.165, 1.54) is 18.5 Å². The van der Waals surface area contributed by atoms with Gasteiger partial charge in [-0.1, -0.05) is 5.16 Å². The Morgan fingerprint density at radius 3 is 3.08 bits per heavy atom. The molecule has 1 unspecified atom stereocenters. The Labute approximate surface area is 147 Å². The molecule has 0 bridgehead atoms. The second-order valence-corrected chi connectivity index (χ2v) is 7.31. The molecule has 1 aliphatic heterocycles. The predicted molar refractivity (Wildman–Crippen MR) is 91.6 cm³/mol. The summed E-state index contributed by atoms with van der Waals surface area (Å²) in [7, 11) is 0. The smallest absolute Gasteiger partial charge is 0.220 e. The summed E-state index contributed by atoms with van der Waals surface area (Å²) in [5, 5.41) is 11.7. The highest BCUT2D eigenvalue weighted by atomic mass is 16.5. The van der Waals surface area contributed by atoms with Crippen molar-refractivity contribution >= 4 is 5.91 Å². The highest BCUT2D eigenvalue weighted by Gasteiger charge is 2.27. The lowest BCUT2D eigenvalue weighted by molar-refractivity contribution is -0.121. The van der Waals surface area contributed by atoms with Crippen LogP contribution >= 0.6 is 0 Å². The van der Waals surface area contributed by atoms with Crippen LogP contribution < -0.4 is 5.32 Å². The number of nitrogens with one attached hydrogen (secondary N) is 1. The van der Waals surface area contributed by atoms with E-state index in [2.05, 4.69) is 31.2 Å². The van der Waals surface area contributed by atoms with Crippen LogP contribution in [0.5, 0.6) is 0 Å². The lowest BCUT2D eigenvalue weighted by Crippen LogP contribution is -2.39. The fourth-order valence-electron chi connectivity index (χ4n) is 3.55. The van der Waals surface area contributed by atoms with Crippen LogP contribution in [0.1, 0.15) is 48.9 Å². The van der Waals surface area contributed by atoms with Crippen LogP contribution in [0.3, 0.4) is 0 Å².